The van der Waals surface area contributed by atoms with E-state index in [2.05, 4.69) is 31.4 Å². The molecule has 1 unspecified atom stereocenters. The lowest BCUT2D eigenvalue weighted by Crippen LogP contribution is -2.42. The minimum Gasteiger partial charge on any atom is -0.378 e. The molecule has 106 valence electrons. The molecule has 6 heteroatoms. The van der Waals surface area contributed by atoms with Gasteiger partial charge in [-0.1, -0.05) is 33.2 Å². The van der Waals surface area contributed by atoms with E-state index in [1.807, 2.05) is 25.1 Å². The van der Waals surface area contributed by atoms with Crippen LogP contribution in [0.5, 0.6) is 0 Å². The Hall–Kier alpha value is -1.24. The maximum absolute atomic E-state index is 5.42. The van der Waals surface area contributed by atoms with E-state index in [-0.39, 0.29) is 6.04 Å². The topological polar surface area (TPSA) is 60.2 Å². The Bertz CT molecular complexity index is 594. The van der Waals surface area contributed by atoms with Gasteiger partial charge < -0.3 is 14.6 Å². The molecule has 1 N–H and O–H groups in total. The van der Waals surface area contributed by atoms with Gasteiger partial charge in [0.2, 0.25) is 11.7 Å². The molecule has 0 aliphatic carbocycles. The second-order valence-corrected chi connectivity index (χ2v) is 5.76. The molecule has 1 fully saturated rings. The number of rotatable bonds is 3. The van der Waals surface area contributed by atoms with Crippen molar-refractivity contribution in [2.45, 2.75) is 19.4 Å². The number of halogens is 1. The summed E-state index contributed by atoms with van der Waals surface area (Å²) in [5, 5.41) is 7.42. The first-order chi connectivity index (χ1) is 9.72. The summed E-state index contributed by atoms with van der Waals surface area (Å²) in [6, 6.07) is 6.29. The molecule has 0 spiro atoms. The summed E-state index contributed by atoms with van der Waals surface area (Å²) in [5.41, 5.74) is 2.13. The van der Waals surface area contributed by atoms with Crippen LogP contribution < -0.4 is 5.32 Å². The number of aryl methyl sites for hydroxylation is 1. The van der Waals surface area contributed by atoms with E-state index < -0.39 is 0 Å². The highest BCUT2D eigenvalue weighted by Crippen LogP contribution is 2.23. The Morgan fingerprint density at radius 3 is 3.10 bits per heavy atom. The molecular weight excluding hydrogens is 322 g/mol. The van der Waals surface area contributed by atoms with E-state index >= 15 is 0 Å². The van der Waals surface area contributed by atoms with Crippen molar-refractivity contribution in [3.8, 4) is 11.4 Å². The number of nitrogens with zero attached hydrogens (tertiary/aromatic N) is 2. The van der Waals surface area contributed by atoms with Gasteiger partial charge in [-0.05, 0) is 18.6 Å². The van der Waals surface area contributed by atoms with E-state index in [1.165, 1.54) is 5.56 Å². The summed E-state index contributed by atoms with van der Waals surface area (Å²) >= 11 is 3.52. The SMILES string of the molecule is Cc1ccc(-c2noc(CC3COCCN3)n2)cc1Br. The van der Waals surface area contributed by atoms with Crippen LogP contribution in [-0.4, -0.2) is 35.9 Å². The summed E-state index contributed by atoms with van der Waals surface area (Å²) < 4.78 is 11.8. The van der Waals surface area contributed by atoms with Crippen LogP contribution in [0.25, 0.3) is 11.4 Å². The monoisotopic (exact) mass is 337 g/mol. The number of ether oxygens (including phenoxy) is 1. The lowest BCUT2D eigenvalue weighted by Gasteiger charge is -2.22. The predicted molar refractivity (Wildman–Crippen MR) is 78.5 cm³/mol. The number of nitrogens with one attached hydrogen (secondary N) is 1. The second-order valence-electron chi connectivity index (χ2n) is 4.91. The number of hydrogen-bond acceptors (Lipinski definition) is 5. The molecule has 1 aliphatic heterocycles. The van der Waals surface area contributed by atoms with Gasteiger partial charge >= 0.3 is 0 Å². The zero-order valence-electron chi connectivity index (χ0n) is 11.2. The minimum absolute atomic E-state index is 0.252. The number of hydrogen-bond donors (Lipinski definition) is 1. The maximum Gasteiger partial charge on any atom is 0.228 e. The molecule has 2 aromatic rings. The minimum atomic E-state index is 0.252. The van der Waals surface area contributed by atoms with Crippen molar-refractivity contribution in [1.82, 2.24) is 15.5 Å². The fraction of sp³-hybridized carbons (Fsp3) is 0.429. The Morgan fingerprint density at radius 1 is 1.45 bits per heavy atom. The van der Waals surface area contributed by atoms with Crippen LogP contribution in [-0.2, 0) is 11.2 Å². The van der Waals surface area contributed by atoms with Crippen LogP contribution >= 0.6 is 15.9 Å². The molecule has 0 radical (unpaired) electrons. The molecule has 1 aromatic heterocycles. The van der Waals surface area contributed by atoms with E-state index in [0.29, 0.717) is 24.7 Å². The van der Waals surface area contributed by atoms with E-state index in [4.69, 9.17) is 9.26 Å². The normalized spacial score (nSPS) is 19.2. The van der Waals surface area contributed by atoms with Crippen LogP contribution in [0.1, 0.15) is 11.5 Å². The van der Waals surface area contributed by atoms with E-state index in [1.54, 1.807) is 0 Å². The molecule has 1 aliphatic rings. The summed E-state index contributed by atoms with van der Waals surface area (Å²) in [5.74, 6) is 1.26. The Labute approximate surface area is 125 Å². The van der Waals surface area contributed by atoms with Gasteiger partial charge in [0.05, 0.1) is 13.2 Å². The molecule has 2 heterocycles. The van der Waals surface area contributed by atoms with Crippen molar-refractivity contribution in [2.75, 3.05) is 19.8 Å². The number of benzene rings is 1. The Balaban J connectivity index is 1.73. The first-order valence-electron chi connectivity index (χ1n) is 6.62. The van der Waals surface area contributed by atoms with Crippen LogP contribution in [0.4, 0.5) is 0 Å². The zero-order chi connectivity index (χ0) is 13.9. The average molecular weight is 338 g/mol. The number of aromatic nitrogens is 2. The zero-order valence-corrected chi connectivity index (χ0v) is 12.8. The van der Waals surface area contributed by atoms with Gasteiger partial charge in [0.15, 0.2) is 0 Å². The lowest BCUT2D eigenvalue weighted by molar-refractivity contribution is 0.0744. The van der Waals surface area contributed by atoms with Crippen molar-refractivity contribution in [3.63, 3.8) is 0 Å². The highest BCUT2D eigenvalue weighted by Gasteiger charge is 2.18. The van der Waals surface area contributed by atoms with Gasteiger partial charge in [0, 0.05) is 29.0 Å². The van der Waals surface area contributed by atoms with Crippen LogP contribution in [0.15, 0.2) is 27.2 Å². The summed E-state index contributed by atoms with van der Waals surface area (Å²) in [6.45, 7) is 4.37. The molecule has 0 bridgehead atoms. The highest BCUT2D eigenvalue weighted by molar-refractivity contribution is 9.10. The van der Waals surface area contributed by atoms with Crippen molar-refractivity contribution in [3.05, 3.63) is 34.1 Å². The molecule has 0 saturated carbocycles. The average Bonchev–Trinajstić information content (AvgIpc) is 2.91. The molecular formula is C14H16BrN3O2. The maximum atomic E-state index is 5.42. The molecule has 3 rings (SSSR count). The fourth-order valence-electron chi connectivity index (χ4n) is 2.15. The Kier molecular flexibility index (Phi) is 4.14. The summed E-state index contributed by atoms with van der Waals surface area (Å²) in [6.07, 6.45) is 0.694. The third-order valence-electron chi connectivity index (χ3n) is 3.32. The van der Waals surface area contributed by atoms with E-state index in [0.717, 1.165) is 23.2 Å². The Morgan fingerprint density at radius 2 is 2.35 bits per heavy atom. The molecule has 0 amide bonds. The molecule has 5 nitrogen and oxygen atoms in total. The largest absolute Gasteiger partial charge is 0.378 e. The third kappa shape index (κ3) is 3.08. The van der Waals surface area contributed by atoms with Gasteiger partial charge in [-0.15, -0.1) is 0 Å². The third-order valence-corrected chi connectivity index (χ3v) is 4.17. The first-order valence-corrected chi connectivity index (χ1v) is 7.42. The van der Waals surface area contributed by atoms with Crippen molar-refractivity contribution in [2.24, 2.45) is 0 Å². The smallest absolute Gasteiger partial charge is 0.228 e. The van der Waals surface area contributed by atoms with Gasteiger partial charge in [-0.3, -0.25) is 0 Å². The van der Waals surface area contributed by atoms with Crippen LogP contribution in [0.3, 0.4) is 0 Å². The quantitative estimate of drug-likeness (QED) is 0.931. The van der Waals surface area contributed by atoms with Crippen LogP contribution in [0, 0.1) is 6.92 Å². The number of morpholine rings is 1. The molecule has 1 atom stereocenters. The van der Waals surface area contributed by atoms with Crippen molar-refractivity contribution in [1.29, 1.82) is 0 Å². The van der Waals surface area contributed by atoms with E-state index in [9.17, 15) is 0 Å². The highest BCUT2D eigenvalue weighted by atomic mass is 79.9. The molecule has 1 saturated heterocycles. The van der Waals surface area contributed by atoms with Crippen molar-refractivity contribution < 1.29 is 9.26 Å². The van der Waals surface area contributed by atoms with Gasteiger partial charge in [-0.2, -0.15) is 4.98 Å². The summed E-state index contributed by atoms with van der Waals surface area (Å²) in [7, 11) is 0. The molecule has 1 aromatic carbocycles. The van der Waals surface area contributed by atoms with Gasteiger partial charge in [0.25, 0.3) is 0 Å². The molecule has 20 heavy (non-hydrogen) atoms. The standard InChI is InChI=1S/C14H16BrN3O2/c1-9-2-3-10(6-12(9)15)14-17-13(20-18-14)7-11-8-19-5-4-16-11/h2-3,6,11,16H,4-5,7-8H2,1H3. The fourth-order valence-corrected chi connectivity index (χ4v) is 2.53. The lowest BCUT2D eigenvalue weighted by atomic mass is 10.1. The predicted octanol–water partition coefficient (Wildman–Crippen LogP) is 2.34. The first kappa shape index (κ1) is 13.7. The summed E-state index contributed by atoms with van der Waals surface area (Å²) in [4.78, 5) is 4.45. The van der Waals surface area contributed by atoms with Gasteiger partial charge in [0.1, 0.15) is 0 Å². The van der Waals surface area contributed by atoms with Gasteiger partial charge in [-0.25, -0.2) is 0 Å². The van der Waals surface area contributed by atoms with Crippen molar-refractivity contribution >= 4 is 15.9 Å². The second kappa shape index (κ2) is 6.03. The van der Waals surface area contributed by atoms with Crippen LogP contribution in [0.2, 0.25) is 0 Å².